The van der Waals surface area contributed by atoms with Gasteiger partial charge < -0.3 is 5.73 Å². The van der Waals surface area contributed by atoms with Gasteiger partial charge in [0, 0.05) is 30.5 Å². The second-order valence-electron chi connectivity index (χ2n) is 5.18. The van der Waals surface area contributed by atoms with Crippen LogP contribution in [0.4, 0.5) is 0 Å². The minimum absolute atomic E-state index is 0.0220. The van der Waals surface area contributed by atoms with E-state index in [0.717, 1.165) is 6.42 Å². The van der Waals surface area contributed by atoms with Crippen molar-refractivity contribution in [1.82, 2.24) is 9.29 Å². The third-order valence-corrected chi connectivity index (χ3v) is 5.33. The van der Waals surface area contributed by atoms with Gasteiger partial charge in [-0.05, 0) is 25.3 Å². The van der Waals surface area contributed by atoms with Gasteiger partial charge in [0.2, 0.25) is 10.0 Å². The summed E-state index contributed by atoms with van der Waals surface area (Å²) in [5.74, 6) is 5.89. The van der Waals surface area contributed by atoms with E-state index in [1.165, 1.54) is 12.4 Å². The Morgan fingerprint density at radius 3 is 2.80 bits per heavy atom. The maximum atomic E-state index is 12.6. The van der Waals surface area contributed by atoms with Gasteiger partial charge in [-0.15, -0.1) is 0 Å². The van der Waals surface area contributed by atoms with Gasteiger partial charge in [-0.25, -0.2) is 8.42 Å². The summed E-state index contributed by atoms with van der Waals surface area (Å²) in [7, 11) is -3.50. The topological polar surface area (TPSA) is 76.3 Å². The van der Waals surface area contributed by atoms with Crippen molar-refractivity contribution in [3.63, 3.8) is 0 Å². The second-order valence-corrected chi connectivity index (χ2v) is 7.07. The third kappa shape index (κ3) is 3.01. The maximum Gasteiger partial charge on any atom is 0.244 e. The van der Waals surface area contributed by atoms with Crippen LogP contribution in [-0.4, -0.2) is 36.8 Å². The van der Waals surface area contributed by atoms with E-state index < -0.39 is 10.0 Å². The van der Waals surface area contributed by atoms with Gasteiger partial charge in [0.05, 0.1) is 6.54 Å². The highest BCUT2D eigenvalue weighted by atomic mass is 32.2. The van der Waals surface area contributed by atoms with Crippen LogP contribution in [0.15, 0.2) is 23.4 Å². The van der Waals surface area contributed by atoms with Crippen molar-refractivity contribution in [3.05, 3.63) is 24.0 Å². The molecule has 2 rings (SSSR count). The molecular formula is C14H19N3O2S. The molecule has 2 atom stereocenters. The molecule has 1 saturated heterocycles. The van der Waals surface area contributed by atoms with E-state index in [2.05, 4.69) is 23.7 Å². The molecule has 108 valence electrons. The molecule has 1 aliphatic rings. The quantitative estimate of drug-likeness (QED) is 0.819. The lowest BCUT2D eigenvalue weighted by atomic mass is 10.1. The van der Waals surface area contributed by atoms with Crippen LogP contribution in [-0.2, 0) is 10.0 Å². The Labute approximate surface area is 120 Å². The lowest BCUT2D eigenvalue weighted by Crippen LogP contribution is -2.34. The maximum absolute atomic E-state index is 12.6. The van der Waals surface area contributed by atoms with E-state index in [9.17, 15) is 8.42 Å². The van der Waals surface area contributed by atoms with Gasteiger partial charge in [-0.3, -0.25) is 4.98 Å². The number of sulfonamides is 1. The molecule has 1 aliphatic heterocycles. The van der Waals surface area contributed by atoms with Crippen molar-refractivity contribution in [1.29, 1.82) is 0 Å². The Morgan fingerprint density at radius 1 is 1.45 bits per heavy atom. The van der Waals surface area contributed by atoms with Crippen LogP contribution in [0.25, 0.3) is 0 Å². The Hall–Kier alpha value is -1.42. The lowest BCUT2D eigenvalue weighted by Gasteiger charge is -2.20. The smallest absolute Gasteiger partial charge is 0.244 e. The van der Waals surface area contributed by atoms with Gasteiger partial charge in [-0.1, -0.05) is 18.8 Å². The Bertz CT molecular complexity index is 646. The van der Waals surface area contributed by atoms with Crippen molar-refractivity contribution in [3.8, 4) is 11.8 Å². The molecule has 0 spiro atoms. The van der Waals surface area contributed by atoms with Crippen molar-refractivity contribution >= 4 is 10.0 Å². The summed E-state index contributed by atoms with van der Waals surface area (Å²) < 4.78 is 26.8. The molecular weight excluding hydrogens is 274 g/mol. The lowest BCUT2D eigenvalue weighted by molar-refractivity contribution is 0.405. The van der Waals surface area contributed by atoms with Gasteiger partial charge in [0.25, 0.3) is 0 Å². The molecule has 6 heteroatoms. The SMILES string of the molecule is CC1CC(C)N(S(=O)(=O)c2cncc(C#CCN)c2)C1. The molecule has 0 aromatic carbocycles. The molecule has 2 unspecified atom stereocenters. The van der Waals surface area contributed by atoms with E-state index in [1.807, 2.05) is 6.92 Å². The highest BCUT2D eigenvalue weighted by Gasteiger charge is 2.36. The molecule has 0 bridgehead atoms. The molecule has 20 heavy (non-hydrogen) atoms. The number of hydrogen-bond acceptors (Lipinski definition) is 4. The summed E-state index contributed by atoms with van der Waals surface area (Å²) >= 11 is 0. The van der Waals surface area contributed by atoms with Crippen LogP contribution in [0, 0.1) is 17.8 Å². The Kier molecular flexibility index (Phi) is 4.43. The van der Waals surface area contributed by atoms with E-state index in [4.69, 9.17) is 5.73 Å². The third-order valence-electron chi connectivity index (χ3n) is 3.38. The van der Waals surface area contributed by atoms with Crippen LogP contribution in [0.3, 0.4) is 0 Å². The zero-order valence-electron chi connectivity index (χ0n) is 11.7. The number of nitrogens with two attached hydrogens (primary N) is 1. The van der Waals surface area contributed by atoms with Crippen LogP contribution in [0.2, 0.25) is 0 Å². The number of pyridine rings is 1. The van der Waals surface area contributed by atoms with Crippen molar-refractivity contribution < 1.29 is 8.42 Å². The zero-order valence-corrected chi connectivity index (χ0v) is 12.5. The summed E-state index contributed by atoms with van der Waals surface area (Å²) in [5, 5.41) is 0. The monoisotopic (exact) mass is 293 g/mol. The van der Waals surface area contributed by atoms with Crippen LogP contribution in [0.1, 0.15) is 25.8 Å². The summed E-state index contributed by atoms with van der Waals surface area (Å²) in [6.07, 6.45) is 3.80. The standard InChI is InChI=1S/C14H19N3O2S/c1-11-6-12(2)17(10-11)20(18,19)14-7-13(4-3-5-15)8-16-9-14/h7-9,11-12H,5-6,10,15H2,1-2H3. The average molecular weight is 293 g/mol. The minimum atomic E-state index is -3.50. The first-order chi connectivity index (χ1) is 9.45. The van der Waals surface area contributed by atoms with Gasteiger partial charge in [0.15, 0.2) is 0 Å². The fourth-order valence-corrected chi connectivity index (χ4v) is 4.26. The normalized spacial score (nSPS) is 23.4. The number of nitrogens with zero attached hydrogens (tertiary/aromatic N) is 2. The fraction of sp³-hybridized carbons (Fsp3) is 0.500. The van der Waals surface area contributed by atoms with E-state index in [-0.39, 0.29) is 17.5 Å². The van der Waals surface area contributed by atoms with Crippen molar-refractivity contribution in [2.24, 2.45) is 11.7 Å². The molecule has 1 fully saturated rings. The Morgan fingerprint density at radius 2 is 2.20 bits per heavy atom. The van der Waals surface area contributed by atoms with Gasteiger partial charge in [0.1, 0.15) is 4.90 Å². The predicted octanol–water partition coefficient (Wildman–Crippen LogP) is 0.811. The van der Waals surface area contributed by atoms with Crippen LogP contribution in [0.5, 0.6) is 0 Å². The van der Waals surface area contributed by atoms with E-state index in [1.54, 1.807) is 10.4 Å². The Balaban J connectivity index is 2.35. The van der Waals surface area contributed by atoms with Gasteiger partial charge >= 0.3 is 0 Å². The molecule has 2 heterocycles. The first-order valence-corrected chi connectivity index (χ1v) is 8.05. The highest BCUT2D eigenvalue weighted by Crippen LogP contribution is 2.28. The number of hydrogen-bond donors (Lipinski definition) is 1. The van der Waals surface area contributed by atoms with Crippen molar-refractivity contribution in [2.45, 2.75) is 31.2 Å². The van der Waals surface area contributed by atoms with E-state index in [0.29, 0.717) is 18.0 Å². The first kappa shape index (κ1) is 15.0. The first-order valence-electron chi connectivity index (χ1n) is 6.61. The molecule has 1 aromatic rings. The highest BCUT2D eigenvalue weighted by molar-refractivity contribution is 7.89. The number of aromatic nitrogens is 1. The second kappa shape index (κ2) is 5.92. The van der Waals surface area contributed by atoms with E-state index >= 15 is 0 Å². The average Bonchev–Trinajstić information content (AvgIpc) is 2.76. The molecule has 0 saturated carbocycles. The molecule has 2 N–H and O–H groups in total. The largest absolute Gasteiger partial charge is 0.320 e. The summed E-state index contributed by atoms with van der Waals surface area (Å²) in [6.45, 7) is 4.79. The molecule has 0 amide bonds. The summed E-state index contributed by atoms with van der Waals surface area (Å²) in [5.41, 5.74) is 5.88. The van der Waals surface area contributed by atoms with Crippen molar-refractivity contribution in [2.75, 3.05) is 13.1 Å². The predicted molar refractivity (Wildman–Crippen MR) is 77.3 cm³/mol. The molecule has 5 nitrogen and oxygen atoms in total. The molecule has 0 aliphatic carbocycles. The summed E-state index contributed by atoms with van der Waals surface area (Å²) in [6, 6.07) is 1.58. The van der Waals surface area contributed by atoms with Crippen LogP contribution >= 0.6 is 0 Å². The minimum Gasteiger partial charge on any atom is -0.320 e. The molecule has 0 radical (unpaired) electrons. The fourth-order valence-electron chi connectivity index (χ4n) is 2.51. The van der Waals surface area contributed by atoms with Gasteiger partial charge in [-0.2, -0.15) is 4.31 Å². The van der Waals surface area contributed by atoms with Crippen LogP contribution < -0.4 is 5.73 Å². The number of rotatable bonds is 2. The summed E-state index contributed by atoms with van der Waals surface area (Å²) in [4.78, 5) is 4.17. The zero-order chi connectivity index (χ0) is 14.8. The molecule has 1 aromatic heterocycles.